The van der Waals surface area contributed by atoms with Crippen molar-refractivity contribution in [3.63, 3.8) is 0 Å². The molecule has 1 unspecified atom stereocenters. The van der Waals surface area contributed by atoms with Crippen LogP contribution in [0.2, 0.25) is 0 Å². The molecule has 1 N–H and O–H groups in total. The van der Waals surface area contributed by atoms with E-state index in [0.29, 0.717) is 5.56 Å². The second kappa shape index (κ2) is 5.12. The van der Waals surface area contributed by atoms with Crippen molar-refractivity contribution in [2.45, 2.75) is 19.9 Å². The topological polar surface area (TPSA) is 24.9 Å². The average Bonchev–Trinajstić information content (AvgIpc) is 2.27. The van der Waals surface area contributed by atoms with E-state index in [-0.39, 0.29) is 6.04 Å². The van der Waals surface area contributed by atoms with Gasteiger partial charge in [0, 0.05) is 24.5 Å². The summed E-state index contributed by atoms with van der Waals surface area (Å²) >= 11 is 0. The molecule has 2 nitrogen and oxygen atoms in total. The minimum atomic E-state index is -0.569. The summed E-state index contributed by atoms with van der Waals surface area (Å²) < 4.78 is 26.2. The minimum Gasteiger partial charge on any atom is -0.377 e. The van der Waals surface area contributed by atoms with Crippen LogP contribution in [0.15, 0.2) is 36.7 Å². The Hall–Kier alpha value is -1.97. The third kappa shape index (κ3) is 3.03. The number of pyridine rings is 1. The van der Waals surface area contributed by atoms with E-state index in [2.05, 4.69) is 10.3 Å². The summed E-state index contributed by atoms with van der Waals surface area (Å²) in [6.07, 6.45) is 3.43. The van der Waals surface area contributed by atoms with Crippen molar-refractivity contribution in [1.29, 1.82) is 0 Å². The Morgan fingerprint density at radius 3 is 2.33 bits per heavy atom. The minimum absolute atomic E-state index is 0.196. The van der Waals surface area contributed by atoms with Gasteiger partial charge in [0.1, 0.15) is 11.6 Å². The highest BCUT2D eigenvalue weighted by atomic mass is 19.1. The molecule has 0 saturated heterocycles. The number of halogens is 2. The Labute approximate surface area is 105 Å². The van der Waals surface area contributed by atoms with E-state index in [1.807, 2.05) is 19.9 Å². The molecule has 1 atom stereocenters. The zero-order chi connectivity index (χ0) is 13.1. The van der Waals surface area contributed by atoms with Gasteiger partial charge in [0.25, 0.3) is 0 Å². The Morgan fingerprint density at radius 2 is 1.72 bits per heavy atom. The van der Waals surface area contributed by atoms with E-state index in [1.54, 1.807) is 12.4 Å². The van der Waals surface area contributed by atoms with Crippen LogP contribution in [0, 0.1) is 18.6 Å². The fourth-order valence-electron chi connectivity index (χ4n) is 1.79. The van der Waals surface area contributed by atoms with Crippen molar-refractivity contribution in [1.82, 2.24) is 4.98 Å². The maximum Gasteiger partial charge on any atom is 0.126 e. The molecular weight excluding hydrogens is 234 g/mol. The first-order valence-corrected chi connectivity index (χ1v) is 5.69. The van der Waals surface area contributed by atoms with Crippen molar-refractivity contribution in [2.24, 2.45) is 0 Å². The molecule has 2 aromatic rings. The maximum absolute atomic E-state index is 13.1. The standard InChI is InChI=1S/C14H14F2N2/c1-9-3-14(8-17-7-9)18-10(2)11-4-12(15)6-13(16)5-11/h3-8,10,18H,1-2H3. The molecule has 18 heavy (non-hydrogen) atoms. The van der Waals surface area contributed by atoms with Crippen molar-refractivity contribution in [2.75, 3.05) is 5.32 Å². The van der Waals surface area contributed by atoms with E-state index in [4.69, 9.17) is 0 Å². The number of hydrogen-bond acceptors (Lipinski definition) is 2. The van der Waals surface area contributed by atoms with Gasteiger partial charge >= 0.3 is 0 Å². The van der Waals surface area contributed by atoms with Crippen LogP contribution in [0.4, 0.5) is 14.5 Å². The molecule has 0 spiro atoms. The Morgan fingerprint density at radius 1 is 1.06 bits per heavy atom. The number of benzene rings is 1. The van der Waals surface area contributed by atoms with Crippen LogP contribution in [0.1, 0.15) is 24.1 Å². The molecule has 1 aromatic carbocycles. The van der Waals surface area contributed by atoms with Crippen LogP contribution >= 0.6 is 0 Å². The molecular formula is C14H14F2N2. The fourth-order valence-corrected chi connectivity index (χ4v) is 1.79. The van der Waals surface area contributed by atoms with Crippen LogP contribution in [-0.4, -0.2) is 4.98 Å². The highest BCUT2D eigenvalue weighted by Gasteiger charge is 2.08. The molecule has 0 radical (unpaired) electrons. The lowest BCUT2D eigenvalue weighted by Crippen LogP contribution is -2.07. The van der Waals surface area contributed by atoms with Crippen LogP contribution in [0.25, 0.3) is 0 Å². The molecule has 0 bridgehead atoms. The molecule has 0 amide bonds. The predicted molar refractivity (Wildman–Crippen MR) is 67.4 cm³/mol. The molecule has 2 rings (SSSR count). The zero-order valence-electron chi connectivity index (χ0n) is 10.2. The molecule has 0 fully saturated rings. The first-order chi connectivity index (χ1) is 8.54. The second-order valence-electron chi connectivity index (χ2n) is 4.32. The highest BCUT2D eigenvalue weighted by Crippen LogP contribution is 2.20. The summed E-state index contributed by atoms with van der Waals surface area (Å²) in [5.41, 5.74) is 2.42. The monoisotopic (exact) mass is 248 g/mol. The normalized spacial score (nSPS) is 12.2. The zero-order valence-corrected chi connectivity index (χ0v) is 10.2. The van der Waals surface area contributed by atoms with E-state index >= 15 is 0 Å². The van der Waals surface area contributed by atoms with Gasteiger partial charge in [-0.3, -0.25) is 4.98 Å². The molecule has 0 saturated carbocycles. The number of hydrogen-bond donors (Lipinski definition) is 1. The first kappa shape index (κ1) is 12.5. The van der Waals surface area contributed by atoms with Gasteiger partial charge in [-0.05, 0) is 43.2 Å². The van der Waals surface area contributed by atoms with E-state index in [0.717, 1.165) is 17.3 Å². The maximum atomic E-state index is 13.1. The molecule has 4 heteroatoms. The smallest absolute Gasteiger partial charge is 0.126 e. The highest BCUT2D eigenvalue weighted by molar-refractivity contribution is 5.45. The lowest BCUT2D eigenvalue weighted by atomic mass is 10.1. The van der Waals surface area contributed by atoms with Gasteiger partial charge in [0.2, 0.25) is 0 Å². The largest absolute Gasteiger partial charge is 0.377 e. The van der Waals surface area contributed by atoms with Crippen LogP contribution in [0.3, 0.4) is 0 Å². The number of anilines is 1. The van der Waals surface area contributed by atoms with Gasteiger partial charge in [-0.25, -0.2) is 8.78 Å². The van der Waals surface area contributed by atoms with Crippen molar-refractivity contribution in [3.8, 4) is 0 Å². The van der Waals surface area contributed by atoms with Gasteiger partial charge in [-0.1, -0.05) is 0 Å². The number of aryl methyl sites for hydroxylation is 1. The summed E-state index contributed by atoms with van der Waals surface area (Å²) in [5.74, 6) is -1.14. The average molecular weight is 248 g/mol. The predicted octanol–water partition coefficient (Wildman–Crippen LogP) is 3.84. The third-order valence-electron chi connectivity index (χ3n) is 2.64. The Bertz CT molecular complexity index is 535. The van der Waals surface area contributed by atoms with Gasteiger partial charge in [-0.15, -0.1) is 0 Å². The molecule has 0 aliphatic heterocycles. The van der Waals surface area contributed by atoms with Crippen LogP contribution in [-0.2, 0) is 0 Å². The van der Waals surface area contributed by atoms with Gasteiger partial charge in [-0.2, -0.15) is 0 Å². The van der Waals surface area contributed by atoms with Crippen molar-refractivity contribution >= 4 is 5.69 Å². The summed E-state index contributed by atoms with van der Waals surface area (Å²) in [7, 11) is 0. The number of nitrogens with zero attached hydrogens (tertiary/aromatic N) is 1. The summed E-state index contributed by atoms with van der Waals surface area (Å²) in [4.78, 5) is 4.06. The van der Waals surface area contributed by atoms with Gasteiger partial charge in [0.15, 0.2) is 0 Å². The van der Waals surface area contributed by atoms with E-state index in [1.165, 1.54) is 12.1 Å². The van der Waals surface area contributed by atoms with Gasteiger partial charge in [0.05, 0.1) is 5.69 Å². The molecule has 0 aliphatic carbocycles. The van der Waals surface area contributed by atoms with Crippen molar-refractivity contribution < 1.29 is 8.78 Å². The summed E-state index contributed by atoms with van der Waals surface area (Å²) in [5, 5.41) is 3.16. The number of rotatable bonds is 3. The lowest BCUT2D eigenvalue weighted by molar-refractivity contribution is 0.577. The summed E-state index contributed by atoms with van der Waals surface area (Å²) in [6.45, 7) is 3.78. The van der Waals surface area contributed by atoms with Crippen LogP contribution in [0.5, 0.6) is 0 Å². The Kier molecular flexibility index (Phi) is 3.55. The molecule has 1 heterocycles. The third-order valence-corrected chi connectivity index (χ3v) is 2.64. The molecule has 0 aliphatic rings. The number of aromatic nitrogens is 1. The van der Waals surface area contributed by atoms with Gasteiger partial charge < -0.3 is 5.32 Å². The second-order valence-corrected chi connectivity index (χ2v) is 4.32. The van der Waals surface area contributed by atoms with Crippen LogP contribution < -0.4 is 5.32 Å². The lowest BCUT2D eigenvalue weighted by Gasteiger charge is -2.16. The summed E-state index contributed by atoms with van der Waals surface area (Å²) in [6, 6.07) is 5.25. The quantitative estimate of drug-likeness (QED) is 0.892. The Balaban J connectivity index is 2.19. The van der Waals surface area contributed by atoms with Crippen molar-refractivity contribution in [3.05, 3.63) is 59.4 Å². The molecule has 1 aromatic heterocycles. The first-order valence-electron chi connectivity index (χ1n) is 5.69. The van der Waals surface area contributed by atoms with E-state index < -0.39 is 11.6 Å². The van der Waals surface area contributed by atoms with E-state index in [9.17, 15) is 8.78 Å². The fraction of sp³-hybridized carbons (Fsp3) is 0.214. The molecule has 94 valence electrons. The number of nitrogens with one attached hydrogen (secondary N) is 1. The SMILES string of the molecule is Cc1cncc(NC(C)c2cc(F)cc(F)c2)c1.